The third kappa shape index (κ3) is 14.2. The van der Waals surface area contributed by atoms with E-state index in [1.54, 1.807) is 0 Å². The molecule has 0 radical (unpaired) electrons. The number of nitrogens with zero attached hydrogens (tertiary/aromatic N) is 2. The maximum atomic E-state index is 3.81. The zero-order valence-corrected chi connectivity index (χ0v) is 15.2. The van der Waals surface area contributed by atoms with Crippen LogP contribution in [0.25, 0.3) is 0 Å². The van der Waals surface area contributed by atoms with Crippen LogP contribution in [-0.2, 0) is 0 Å². The van der Waals surface area contributed by atoms with Crippen LogP contribution in [0.1, 0.15) is 44.9 Å². The highest BCUT2D eigenvalue weighted by atomic mass is 15.1. The fourth-order valence-corrected chi connectivity index (χ4v) is 2.80. The summed E-state index contributed by atoms with van der Waals surface area (Å²) in [7, 11) is 0. The number of rotatable bonds is 18. The van der Waals surface area contributed by atoms with Crippen molar-refractivity contribution >= 4 is 0 Å². The zero-order valence-electron chi connectivity index (χ0n) is 15.2. The van der Waals surface area contributed by atoms with Crippen LogP contribution in [0.4, 0.5) is 0 Å². The molecule has 0 aliphatic heterocycles. The van der Waals surface area contributed by atoms with Gasteiger partial charge in [-0.15, -0.1) is 26.3 Å². The van der Waals surface area contributed by atoms with Gasteiger partial charge in [0.1, 0.15) is 0 Å². The molecule has 0 unspecified atom stereocenters. The van der Waals surface area contributed by atoms with Crippen molar-refractivity contribution in [1.29, 1.82) is 0 Å². The molecule has 0 saturated carbocycles. The van der Waals surface area contributed by atoms with Gasteiger partial charge in [0.15, 0.2) is 0 Å². The van der Waals surface area contributed by atoms with E-state index in [1.807, 2.05) is 24.3 Å². The predicted octanol–water partition coefficient (Wildman–Crippen LogP) is 5.07. The Hall–Kier alpha value is -1.12. The summed E-state index contributed by atoms with van der Waals surface area (Å²) in [4.78, 5) is 4.79. The smallest absolute Gasteiger partial charge is 0.0163 e. The Morgan fingerprint density at radius 2 is 0.696 bits per heavy atom. The molecule has 2 heteroatoms. The molecule has 0 atom stereocenters. The lowest BCUT2D eigenvalue weighted by Crippen LogP contribution is -2.25. The standard InChI is InChI=1S/C21H38N2/c1-5-16-22(17-6-2)20-14-12-10-9-11-13-15-21-23(18-7-3)19-8-4/h5-8H,1-4,9-21H2. The molecule has 0 aliphatic carbocycles. The van der Waals surface area contributed by atoms with Crippen molar-refractivity contribution in [3.8, 4) is 0 Å². The van der Waals surface area contributed by atoms with Crippen LogP contribution in [0.15, 0.2) is 50.6 Å². The SMILES string of the molecule is C=CCN(CC=C)CCCCCCCCCN(CC=C)CC=C. The zero-order chi connectivity index (χ0) is 17.2. The third-order valence-corrected chi connectivity index (χ3v) is 4.00. The summed E-state index contributed by atoms with van der Waals surface area (Å²) in [5.74, 6) is 0. The molecule has 0 amide bonds. The Kier molecular flexibility index (Phi) is 16.4. The molecule has 132 valence electrons. The second-order valence-corrected chi connectivity index (χ2v) is 6.15. The van der Waals surface area contributed by atoms with E-state index in [4.69, 9.17) is 0 Å². The second kappa shape index (κ2) is 17.2. The molecule has 0 aromatic carbocycles. The Morgan fingerprint density at radius 3 is 0.957 bits per heavy atom. The van der Waals surface area contributed by atoms with E-state index < -0.39 is 0 Å². The van der Waals surface area contributed by atoms with Crippen molar-refractivity contribution in [2.24, 2.45) is 0 Å². The van der Waals surface area contributed by atoms with Crippen LogP contribution in [0.5, 0.6) is 0 Å². The Bertz CT molecular complexity index is 259. The average Bonchev–Trinajstić information content (AvgIpc) is 2.54. The van der Waals surface area contributed by atoms with Crippen LogP contribution in [0.3, 0.4) is 0 Å². The van der Waals surface area contributed by atoms with E-state index >= 15 is 0 Å². The number of hydrogen-bond acceptors (Lipinski definition) is 2. The molecule has 0 spiro atoms. The summed E-state index contributed by atoms with van der Waals surface area (Å²) in [6.45, 7) is 21.5. The highest BCUT2D eigenvalue weighted by Crippen LogP contribution is 2.09. The molecule has 0 N–H and O–H groups in total. The first-order valence-electron chi connectivity index (χ1n) is 9.16. The first kappa shape index (κ1) is 21.9. The maximum Gasteiger partial charge on any atom is 0.0163 e. The molecule has 0 saturated heterocycles. The molecule has 0 aromatic heterocycles. The second-order valence-electron chi connectivity index (χ2n) is 6.15. The first-order chi connectivity index (χ1) is 11.3. The van der Waals surface area contributed by atoms with E-state index in [0.717, 1.165) is 39.3 Å². The molecule has 0 heterocycles. The molecule has 2 nitrogen and oxygen atoms in total. The molecular weight excluding hydrogens is 280 g/mol. The average molecular weight is 319 g/mol. The van der Waals surface area contributed by atoms with Gasteiger partial charge in [-0.2, -0.15) is 0 Å². The molecule has 0 fully saturated rings. The monoisotopic (exact) mass is 318 g/mol. The summed E-state index contributed by atoms with van der Waals surface area (Å²) >= 11 is 0. The van der Waals surface area contributed by atoms with Gasteiger partial charge in [0.2, 0.25) is 0 Å². The van der Waals surface area contributed by atoms with Crippen LogP contribution < -0.4 is 0 Å². The fourth-order valence-electron chi connectivity index (χ4n) is 2.80. The fraction of sp³-hybridized carbons (Fsp3) is 0.619. The van der Waals surface area contributed by atoms with Gasteiger partial charge >= 0.3 is 0 Å². The summed E-state index contributed by atoms with van der Waals surface area (Å²) in [5.41, 5.74) is 0. The quantitative estimate of drug-likeness (QED) is 0.257. The van der Waals surface area contributed by atoms with Crippen LogP contribution >= 0.6 is 0 Å². The molecule has 0 aliphatic rings. The minimum absolute atomic E-state index is 0.970. The van der Waals surface area contributed by atoms with Gasteiger partial charge < -0.3 is 0 Å². The minimum Gasteiger partial charge on any atom is -0.296 e. The predicted molar refractivity (Wildman–Crippen MR) is 106 cm³/mol. The van der Waals surface area contributed by atoms with Gasteiger partial charge in [-0.1, -0.05) is 56.4 Å². The molecule has 0 rings (SSSR count). The van der Waals surface area contributed by atoms with E-state index in [-0.39, 0.29) is 0 Å². The summed E-state index contributed by atoms with van der Waals surface area (Å²) in [5, 5.41) is 0. The Morgan fingerprint density at radius 1 is 0.435 bits per heavy atom. The van der Waals surface area contributed by atoms with Gasteiger partial charge in [-0.25, -0.2) is 0 Å². The van der Waals surface area contributed by atoms with Gasteiger partial charge in [0.05, 0.1) is 0 Å². The van der Waals surface area contributed by atoms with E-state index in [9.17, 15) is 0 Å². The molecule has 0 aromatic rings. The number of unbranched alkanes of at least 4 members (excludes halogenated alkanes) is 6. The van der Waals surface area contributed by atoms with Crippen molar-refractivity contribution < 1.29 is 0 Å². The van der Waals surface area contributed by atoms with Crippen LogP contribution in [0.2, 0.25) is 0 Å². The van der Waals surface area contributed by atoms with Gasteiger partial charge in [0.25, 0.3) is 0 Å². The Balaban J connectivity index is 3.47. The minimum atomic E-state index is 0.970. The first-order valence-corrected chi connectivity index (χ1v) is 9.16. The van der Waals surface area contributed by atoms with Crippen molar-refractivity contribution in [2.75, 3.05) is 39.3 Å². The number of hydrogen-bond donors (Lipinski definition) is 0. The van der Waals surface area contributed by atoms with E-state index in [1.165, 1.54) is 44.9 Å². The molecular formula is C21H38N2. The van der Waals surface area contributed by atoms with Gasteiger partial charge in [-0.05, 0) is 25.9 Å². The summed E-state index contributed by atoms with van der Waals surface area (Å²) < 4.78 is 0. The Labute approximate surface area is 145 Å². The third-order valence-electron chi connectivity index (χ3n) is 4.00. The van der Waals surface area contributed by atoms with Crippen molar-refractivity contribution in [1.82, 2.24) is 9.80 Å². The van der Waals surface area contributed by atoms with E-state index in [2.05, 4.69) is 36.1 Å². The lowest BCUT2D eigenvalue weighted by Gasteiger charge is -2.18. The molecule has 0 bridgehead atoms. The summed E-state index contributed by atoms with van der Waals surface area (Å²) in [6.07, 6.45) is 17.2. The van der Waals surface area contributed by atoms with E-state index in [0.29, 0.717) is 0 Å². The highest BCUT2D eigenvalue weighted by Gasteiger charge is 2.01. The van der Waals surface area contributed by atoms with Crippen molar-refractivity contribution in [3.63, 3.8) is 0 Å². The summed E-state index contributed by atoms with van der Waals surface area (Å²) in [6, 6.07) is 0. The van der Waals surface area contributed by atoms with Crippen molar-refractivity contribution in [2.45, 2.75) is 44.9 Å². The van der Waals surface area contributed by atoms with Gasteiger partial charge in [0, 0.05) is 26.2 Å². The largest absolute Gasteiger partial charge is 0.296 e. The van der Waals surface area contributed by atoms with Crippen LogP contribution in [-0.4, -0.2) is 49.1 Å². The van der Waals surface area contributed by atoms with Crippen molar-refractivity contribution in [3.05, 3.63) is 50.6 Å². The lowest BCUT2D eigenvalue weighted by atomic mass is 10.1. The normalized spacial score (nSPS) is 10.9. The maximum absolute atomic E-state index is 3.81. The lowest BCUT2D eigenvalue weighted by molar-refractivity contribution is 0.320. The highest BCUT2D eigenvalue weighted by molar-refractivity contribution is 4.80. The van der Waals surface area contributed by atoms with Gasteiger partial charge in [-0.3, -0.25) is 9.80 Å². The molecule has 23 heavy (non-hydrogen) atoms. The van der Waals surface area contributed by atoms with Crippen LogP contribution in [0, 0.1) is 0 Å². The topological polar surface area (TPSA) is 6.48 Å².